The molecule has 1 saturated heterocycles. The van der Waals surface area contributed by atoms with E-state index in [9.17, 15) is 4.79 Å². The first-order chi connectivity index (χ1) is 13.6. The van der Waals surface area contributed by atoms with Gasteiger partial charge in [0.05, 0.1) is 0 Å². The highest BCUT2D eigenvalue weighted by Gasteiger charge is 2.35. The van der Waals surface area contributed by atoms with Gasteiger partial charge in [-0.15, -0.1) is 5.10 Å². The Morgan fingerprint density at radius 3 is 3.07 bits per heavy atom. The van der Waals surface area contributed by atoms with Crippen LogP contribution in [0.1, 0.15) is 35.9 Å². The minimum absolute atomic E-state index is 0.0149. The maximum atomic E-state index is 13.0. The molecule has 3 aromatic rings. The van der Waals surface area contributed by atoms with Gasteiger partial charge in [0.15, 0.2) is 11.5 Å². The third-order valence-electron chi connectivity index (χ3n) is 5.44. The summed E-state index contributed by atoms with van der Waals surface area (Å²) in [6, 6.07) is 7.85. The predicted molar refractivity (Wildman–Crippen MR) is 100 cm³/mol. The van der Waals surface area contributed by atoms with Crippen LogP contribution in [0.25, 0.3) is 5.78 Å². The molecule has 5 rings (SSSR count). The highest BCUT2D eigenvalue weighted by atomic mass is 16.7. The minimum atomic E-state index is -0.137. The molecular formula is C20H21N5O3. The molecule has 8 nitrogen and oxygen atoms in total. The molecular weight excluding hydrogens is 358 g/mol. The van der Waals surface area contributed by atoms with E-state index in [0.29, 0.717) is 12.3 Å². The fourth-order valence-electron chi connectivity index (χ4n) is 4.14. The largest absolute Gasteiger partial charge is 0.454 e. The average Bonchev–Trinajstić information content (AvgIpc) is 3.33. The quantitative estimate of drug-likeness (QED) is 0.695. The maximum Gasteiger partial charge on any atom is 0.293 e. The Bertz CT molecular complexity index is 1020. The summed E-state index contributed by atoms with van der Waals surface area (Å²) in [5.74, 6) is 2.09. The summed E-state index contributed by atoms with van der Waals surface area (Å²) in [5, 5.41) is 4.28. The molecule has 2 aromatic heterocycles. The van der Waals surface area contributed by atoms with Crippen LogP contribution < -0.4 is 9.47 Å². The van der Waals surface area contributed by atoms with Crippen molar-refractivity contribution in [3.05, 3.63) is 48.0 Å². The third kappa shape index (κ3) is 3.04. The van der Waals surface area contributed by atoms with E-state index in [1.54, 1.807) is 18.5 Å². The number of nitrogens with zero attached hydrogens (tertiary/aromatic N) is 5. The molecule has 1 atom stereocenters. The van der Waals surface area contributed by atoms with Crippen molar-refractivity contribution in [2.45, 2.75) is 26.2 Å². The molecule has 1 fully saturated rings. The van der Waals surface area contributed by atoms with Crippen LogP contribution in [0.4, 0.5) is 0 Å². The second kappa shape index (κ2) is 6.47. The van der Waals surface area contributed by atoms with E-state index >= 15 is 0 Å². The summed E-state index contributed by atoms with van der Waals surface area (Å²) in [6.45, 7) is 3.90. The van der Waals surface area contributed by atoms with Gasteiger partial charge in [-0.2, -0.15) is 4.98 Å². The SMILES string of the molecule is CC1(Cc2ccc3c(c2)OCO3)CCCN(C(=O)c2nc3ncccn3n2)C1. The molecule has 1 unspecified atom stereocenters. The monoisotopic (exact) mass is 379 g/mol. The molecule has 0 aliphatic carbocycles. The number of piperidine rings is 1. The number of benzene rings is 1. The highest BCUT2D eigenvalue weighted by Crippen LogP contribution is 2.37. The molecule has 2 aliphatic rings. The summed E-state index contributed by atoms with van der Waals surface area (Å²) in [5.41, 5.74) is 1.18. The molecule has 28 heavy (non-hydrogen) atoms. The average molecular weight is 379 g/mol. The maximum absolute atomic E-state index is 13.0. The Balaban J connectivity index is 1.34. The van der Waals surface area contributed by atoms with E-state index in [-0.39, 0.29) is 23.9 Å². The van der Waals surface area contributed by atoms with Gasteiger partial charge in [-0.05, 0) is 48.4 Å². The van der Waals surface area contributed by atoms with Crippen LogP contribution in [0.5, 0.6) is 11.5 Å². The Kier molecular flexibility index (Phi) is 3.92. The second-order valence-corrected chi connectivity index (χ2v) is 7.80. The van der Waals surface area contributed by atoms with Gasteiger partial charge in [0, 0.05) is 25.5 Å². The van der Waals surface area contributed by atoms with E-state index in [0.717, 1.165) is 37.3 Å². The number of hydrogen-bond donors (Lipinski definition) is 0. The predicted octanol–water partition coefficient (Wildman–Crippen LogP) is 2.34. The summed E-state index contributed by atoms with van der Waals surface area (Å²) >= 11 is 0. The zero-order chi connectivity index (χ0) is 19.1. The molecule has 1 amide bonds. The van der Waals surface area contributed by atoms with Crippen molar-refractivity contribution >= 4 is 11.7 Å². The first kappa shape index (κ1) is 17.0. The zero-order valence-electron chi connectivity index (χ0n) is 15.7. The van der Waals surface area contributed by atoms with Gasteiger partial charge in [0.2, 0.25) is 12.6 Å². The van der Waals surface area contributed by atoms with Gasteiger partial charge < -0.3 is 14.4 Å². The van der Waals surface area contributed by atoms with Crippen molar-refractivity contribution in [3.8, 4) is 11.5 Å². The fourth-order valence-corrected chi connectivity index (χ4v) is 4.14. The molecule has 0 saturated carbocycles. The lowest BCUT2D eigenvalue weighted by Gasteiger charge is -2.40. The van der Waals surface area contributed by atoms with Crippen LogP contribution in [0.2, 0.25) is 0 Å². The number of rotatable bonds is 3. The zero-order valence-corrected chi connectivity index (χ0v) is 15.7. The lowest BCUT2D eigenvalue weighted by Crippen LogP contribution is -2.46. The van der Waals surface area contributed by atoms with E-state index in [4.69, 9.17) is 9.47 Å². The number of carbonyl (C=O) groups excluding carboxylic acids is 1. The van der Waals surface area contributed by atoms with Gasteiger partial charge in [0.1, 0.15) is 0 Å². The first-order valence-corrected chi connectivity index (χ1v) is 9.45. The number of aromatic nitrogens is 4. The fraction of sp³-hybridized carbons (Fsp3) is 0.400. The van der Waals surface area contributed by atoms with E-state index in [1.807, 2.05) is 17.0 Å². The van der Waals surface area contributed by atoms with Crippen LogP contribution in [-0.4, -0.2) is 50.3 Å². The second-order valence-electron chi connectivity index (χ2n) is 7.80. The molecule has 8 heteroatoms. The van der Waals surface area contributed by atoms with Crippen LogP contribution >= 0.6 is 0 Å². The molecule has 0 N–H and O–H groups in total. The number of ether oxygens (including phenoxy) is 2. The number of hydrogen-bond acceptors (Lipinski definition) is 6. The third-order valence-corrected chi connectivity index (χ3v) is 5.44. The summed E-state index contributed by atoms with van der Waals surface area (Å²) in [4.78, 5) is 23.3. The van der Waals surface area contributed by atoms with E-state index in [1.165, 1.54) is 10.1 Å². The molecule has 0 bridgehead atoms. The van der Waals surface area contributed by atoms with E-state index < -0.39 is 0 Å². The smallest absolute Gasteiger partial charge is 0.293 e. The van der Waals surface area contributed by atoms with Gasteiger partial charge in [0.25, 0.3) is 11.7 Å². The van der Waals surface area contributed by atoms with Gasteiger partial charge in [-0.3, -0.25) is 4.79 Å². The number of carbonyl (C=O) groups is 1. The molecule has 0 spiro atoms. The van der Waals surface area contributed by atoms with Gasteiger partial charge in [-0.1, -0.05) is 13.0 Å². The van der Waals surface area contributed by atoms with Crippen molar-refractivity contribution in [3.63, 3.8) is 0 Å². The van der Waals surface area contributed by atoms with E-state index in [2.05, 4.69) is 28.1 Å². The standard InChI is InChI=1S/C20H21N5O3/c1-20(11-14-4-5-15-16(10-14)28-13-27-15)6-2-8-24(12-20)18(26)17-22-19-21-7-3-9-25(19)23-17/h3-5,7,9-10H,2,6,8,11-13H2,1H3. The number of likely N-dealkylation sites (tertiary alicyclic amines) is 1. The topological polar surface area (TPSA) is 81.9 Å². The van der Waals surface area contributed by atoms with Crippen molar-refractivity contribution in [2.24, 2.45) is 5.41 Å². The van der Waals surface area contributed by atoms with Crippen LogP contribution in [0.3, 0.4) is 0 Å². The molecule has 2 aliphatic heterocycles. The van der Waals surface area contributed by atoms with Crippen molar-refractivity contribution in [2.75, 3.05) is 19.9 Å². The number of amides is 1. The highest BCUT2D eigenvalue weighted by molar-refractivity contribution is 5.91. The Morgan fingerprint density at radius 2 is 2.18 bits per heavy atom. The van der Waals surface area contributed by atoms with Crippen molar-refractivity contribution in [1.82, 2.24) is 24.5 Å². The van der Waals surface area contributed by atoms with Crippen molar-refractivity contribution in [1.29, 1.82) is 0 Å². The first-order valence-electron chi connectivity index (χ1n) is 9.45. The number of fused-ring (bicyclic) bond motifs is 2. The van der Waals surface area contributed by atoms with Gasteiger partial charge >= 0.3 is 0 Å². The van der Waals surface area contributed by atoms with Crippen LogP contribution in [0.15, 0.2) is 36.7 Å². The summed E-state index contributed by atoms with van der Waals surface area (Å²) in [7, 11) is 0. The van der Waals surface area contributed by atoms with Crippen LogP contribution in [0, 0.1) is 5.41 Å². The molecule has 4 heterocycles. The molecule has 144 valence electrons. The Hall–Kier alpha value is -3.16. The van der Waals surface area contributed by atoms with Crippen LogP contribution in [-0.2, 0) is 6.42 Å². The summed E-state index contributed by atoms with van der Waals surface area (Å²) < 4.78 is 12.4. The summed E-state index contributed by atoms with van der Waals surface area (Å²) in [6.07, 6.45) is 6.27. The lowest BCUT2D eigenvalue weighted by molar-refractivity contribution is 0.0539. The Morgan fingerprint density at radius 1 is 1.29 bits per heavy atom. The minimum Gasteiger partial charge on any atom is -0.454 e. The molecule has 0 radical (unpaired) electrons. The lowest BCUT2D eigenvalue weighted by atomic mass is 9.77. The molecule has 1 aromatic carbocycles. The van der Waals surface area contributed by atoms with Crippen molar-refractivity contribution < 1.29 is 14.3 Å². The Labute approximate surface area is 162 Å². The van der Waals surface area contributed by atoms with Gasteiger partial charge in [-0.25, -0.2) is 9.50 Å². The normalized spacial score (nSPS) is 21.2.